The lowest BCUT2D eigenvalue weighted by Crippen LogP contribution is -2.39. The standard InChI is InChI=1S/C29H34N4O4/c1-6-31(7-2)22-15-17-23(18-16-22)32-27(29(34)37-8-3)30-33(24-12-10-9-11-13-24)28(32)21-14-19-25(35-4)26(20-21)36-5/h9-20,28H,6-8H2,1-5H3. The van der Waals surface area contributed by atoms with Crippen LogP contribution in [0.4, 0.5) is 17.1 Å². The average molecular weight is 503 g/mol. The van der Waals surface area contributed by atoms with Crippen LogP contribution >= 0.6 is 0 Å². The number of benzene rings is 3. The number of nitrogens with zero attached hydrogens (tertiary/aromatic N) is 4. The van der Waals surface area contributed by atoms with Gasteiger partial charge in [0.2, 0.25) is 5.84 Å². The van der Waals surface area contributed by atoms with Crippen LogP contribution in [0.25, 0.3) is 0 Å². The smallest absolute Gasteiger partial charge is 0.376 e. The molecule has 0 aliphatic carbocycles. The summed E-state index contributed by atoms with van der Waals surface area (Å²) < 4.78 is 16.5. The third-order valence-electron chi connectivity index (χ3n) is 6.35. The first-order valence-corrected chi connectivity index (χ1v) is 12.5. The van der Waals surface area contributed by atoms with Crippen molar-refractivity contribution in [1.29, 1.82) is 0 Å². The lowest BCUT2D eigenvalue weighted by Gasteiger charge is -2.32. The largest absolute Gasteiger partial charge is 0.493 e. The number of ether oxygens (including phenoxy) is 3. The molecule has 194 valence electrons. The molecule has 0 spiro atoms. The third kappa shape index (κ3) is 5.18. The van der Waals surface area contributed by atoms with Gasteiger partial charge in [0.25, 0.3) is 0 Å². The Labute approximate surface area is 218 Å². The van der Waals surface area contributed by atoms with E-state index in [0.717, 1.165) is 35.7 Å². The van der Waals surface area contributed by atoms with Gasteiger partial charge in [-0.05, 0) is 69.3 Å². The lowest BCUT2D eigenvalue weighted by molar-refractivity contribution is -0.135. The minimum atomic E-state index is -0.487. The third-order valence-corrected chi connectivity index (χ3v) is 6.35. The van der Waals surface area contributed by atoms with Crippen LogP contribution in [0.2, 0.25) is 0 Å². The minimum Gasteiger partial charge on any atom is -0.493 e. The van der Waals surface area contributed by atoms with E-state index in [2.05, 4.69) is 30.9 Å². The van der Waals surface area contributed by atoms with Crippen LogP contribution in [0.1, 0.15) is 32.5 Å². The highest BCUT2D eigenvalue weighted by molar-refractivity contribution is 6.42. The van der Waals surface area contributed by atoms with E-state index in [-0.39, 0.29) is 12.4 Å². The molecular weight excluding hydrogens is 468 g/mol. The molecule has 0 fully saturated rings. The molecule has 0 N–H and O–H groups in total. The van der Waals surface area contributed by atoms with Gasteiger partial charge in [-0.25, -0.2) is 9.80 Å². The molecule has 8 heteroatoms. The van der Waals surface area contributed by atoms with Gasteiger partial charge in [-0.1, -0.05) is 24.3 Å². The van der Waals surface area contributed by atoms with E-state index in [1.54, 1.807) is 21.1 Å². The van der Waals surface area contributed by atoms with Crippen molar-refractivity contribution in [3.63, 3.8) is 0 Å². The molecule has 0 saturated heterocycles. The first-order valence-electron chi connectivity index (χ1n) is 12.5. The van der Waals surface area contributed by atoms with Crippen LogP contribution in [0, 0.1) is 0 Å². The number of hydrazone groups is 1. The number of esters is 1. The predicted molar refractivity (Wildman–Crippen MR) is 148 cm³/mol. The molecule has 1 atom stereocenters. The van der Waals surface area contributed by atoms with Gasteiger partial charge in [-0.3, -0.25) is 4.90 Å². The zero-order chi connectivity index (χ0) is 26.4. The summed E-state index contributed by atoms with van der Waals surface area (Å²) in [5, 5.41) is 6.64. The van der Waals surface area contributed by atoms with E-state index in [9.17, 15) is 4.79 Å². The van der Waals surface area contributed by atoms with Crippen LogP contribution in [-0.2, 0) is 9.53 Å². The van der Waals surface area contributed by atoms with E-state index < -0.39 is 12.1 Å². The maximum atomic E-state index is 13.2. The summed E-state index contributed by atoms with van der Waals surface area (Å²) >= 11 is 0. The number of carbonyl (C=O) groups excluding carboxylic acids is 1. The summed E-state index contributed by atoms with van der Waals surface area (Å²) in [5.74, 6) is 0.937. The molecule has 37 heavy (non-hydrogen) atoms. The Morgan fingerprint density at radius 3 is 2.14 bits per heavy atom. The van der Waals surface area contributed by atoms with Crippen LogP contribution in [-0.4, -0.2) is 45.7 Å². The Bertz CT molecular complexity index is 1230. The fourth-order valence-corrected chi connectivity index (χ4v) is 4.52. The Morgan fingerprint density at radius 2 is 1.54 bits per heavy atom. The number of hydrogen-bond acceptors (Lipinski definition) is 8. The fourth-order valence-electron chi connectivity index (χ4n) is 4.52. The maximum absolute atomic E-state index is 13.2. The van der Waals surface area contributed by atoms with E-state index in [0.29, 0.717) is 11.5 Å². The molecule has 1 unspecified atom stereocenters. The van der Waals surface area contributed by atoms with Gasteiger partial charge in [0.05, 0.1) is 26.5 Å². The number of para-hydroxylation sites is 1. The summed E-state index contributed by atoms with van der Waals surface area (Å²) in [5.41, 5.74) is 3.65. The molecule has 1 aliphatic rings. The van der Waals surface area contributed by atoms with Crippen LogP contribution in [0.5, 0.6) is 11.5 Å². The normalized spacial score (nSPS) is 14.8. The average Bonchev–Trinajstić information content (AvgIpc) is 3.35. The SMILES string of the molecule is CCOC(=O)C1=NN(c2ccccc2)C(c2ccc(OC)c(OC)c2)N1c1ccc(N(CC)CC)cc1. The Hall–Kier alpha value is -4.20. The lowest BCUT2D eigenvalue weighted by atomic mass is 10.1. The van der Waals surface area contributed by atoms with Crippen molar-refractivity contribution in [2.75, 3.05) is 48.7 Å². The molecule has 0 radical (unpaired) electrons. The van der Waals surface area contributed by atoms with Crippen molar-refractivity contribution in [2.24, 2.45) is 5.10 Å². The molecule has 0 amide bonds. The number of amidine groups is 1. The molecule has 1 aliphatic heterocycles. The molecule has 0 aromatic heterocycles. The van der Waals surface area contributed by atoms with Gasteiger partial charge in [0, 0.05) is 30.0 Å². The highest BCUT2D eigenvalue weighted by Crippen LogP contribution is 2.41. The minimum absolute atomic E-state index is 0.209. The van der Waals surface area contributed by atoms with Crippen molar-refractivity contribution in [3.8, 4) is 11.5 Å². The quantitative estimate of drug-likeness (QED) is 0.342. The van der Waals surface area contributed by atoms with Crippen molar-refractivity contribution in [2.45, 2.75) is 26.9 Å². The Balaban J connectivity index is 1.88. The predicted octanol–water partition coefficient (Wildman–Crippen LogP) is 5.45. The van der Waals surface area contributed by atoms with Gasteiger partial charge in [0.15, 0.2) is 17.7 Å². The van der Waals surface area contributed by atoms with E-state index in [4.69, 9.17) is 19.3 Å². The van der Waals surface area contributed by atoms with Crippen LogP contribution < -0.4 is 24.3 Å². The molecule has 4 rings (SSSR count). The first-order chi connectivity index (χ1) is 18.1. The summed E-state index contributed by atoms with van der Waals surface area (Å²) in [4.78, 5) is 17.4. The van der Waals surface area contributed by atoms with E-state index in [1.807, 2.05) is 70.6 Å². The second kappa shape index (κ2) is 11.7. The Kier molecular flexibility index (Phi) is 8.18. The highest BCUT2D eigenvalue weighted by Gasteiger charge is 2.41. The van der Waals surface area contributed by atoms with Gasteiger partial charge in [-0.15, -0.1) is 5.10 Å². The van der Waals surface area contributed by atoms with Crippen LogP contribution in [0.15, 0.2) is 77.9 Å². The number of anilines is 3. The topological polar surface area (TPSA) is 66.8 Å². The summed E-state index contributed by atoms with van der Waals surface area (Å²) in [6, 6.07) is 23.7. The zero-order valence-corrected chi connectivity index (χ0v) is 22.0. The molecule has 1 heterocycles. The summed E-state index contributed by atoms with van der Waals surface area (Å²) in [6.07, 6.45) is -0.471. The molecule has 0 bridgehead atoms. The molecule has 8 nitrogen and oxygen atoms in total. The fraction of sp³-hybridized carbons (Fsp3) is 0.310. The van der Waals surface area contributed by atoms with Crippen molar-refractivity contribution < 1.29 is 19.0 Å². The van der Waals surface area contributed by atoms with Gasteiger partial charge >= 0.3 is 5.97 Å². The van der Waals surface area contributed by atoms with E-state index in [1.165, 1.54) is 0 Å². The second-order valence-electron chi connectivity index (χ2n) is 8.37. The highest BCUT2D eigenvalue weighted by atomic mass is 16.5. The number of methoxy groups -OCH3 is 2. The van der Waals surface area contributed by atoms with Gasteiger partial charge in [-0.2, -0.15) is 0 Å². The molecular formula is C29H34N4O4. The number of carbonyl (C=O) groups is 1. The Morgan fingerprint density at radius 1 is 0.865 bits per heavy atom. The van der Waals surface area contributed by atoms with Gasteiger partial charge < -0.3 is 19.1 Å². The van der Waals surface area contributed by atoms with Crippen molar-refractivity contribution in [3.05, 3.63) is 78.4 Å². The number of rotatable bonds is 10. The maximum Gasteiger partial charge on any atom is 0.376 e. The molecule has 3 aromatic rings. The van der Waals surface area contributed by atoms with E-state index >= 15 is 0 Å². The van der Waals surface area contributed by atoms with Crippen LogP contribution in [0.3, 0.4) is 0 Å². The summed E-state index contributed by atoms with van der Waals surface area (Å²) in [6.45, 7) is 8.12. The van der Waals surface area contributed by atoms with Gasteiger partial charge in [0.1, 0.15) is 0 Å². The first kappa shape index (κ1) is 25.9. The second-order valence-corrected chi connectivity index (χ2v) is 8.37. The zero-order valence-electron chi connectivity index (χ0n) is 22.0. The summed E-state index contributed by atoms with van der Waals surface area (Å²) in [7, 11) is 3.21. The molecule has 0 saturated carbocycles. The van der Waals surface area contributed by atoms with Crippen molar-refractivity contribution >= 4 is 28.9 Å². The molecule has 3 aromatic carbocycles. The van der Waals surface area contributed by atoms with Crippen molar-refractivity contribution in [1.82, 2.24) is 0 Å². The monoisotopic (exact) mass is 502 g/mol. The number of hydrogen-bond donors (Lipinski definition) is 0.